The molecule has 0 aliphatic carbocycles. The van der Waals surface area contributed by atoms with Gasteiger partial charge in [0.2, 0.25) is 11.8 Å². The van der Waals surface area contributed by atoms with E-state index in [9.17, 15) is 10.1 Å². The van der Waals surface area contributed by atoms with Gasteiger partial charge in [0.15, 0.2) is 0 Å². The minimum Gasteiger partial charge on any atom is -0.334 e. The molecule has 0 spiro atoms. The van der Waals surface area contributed by atoms with Crippen molar-refractivity contribution in [2.45, 2.75) is 6.92 Å². The predicted octanol–water partition coefficient (Wildman–Crippen LogP) is 2.38. The highest BCUT2D eigenvalue weighted by Crippen LogP contribution is 2.29. The van der Waals surface area contributed by atoms with E-state index in [1.54, 1.807) is 24.3 Å². The summed E-state index contributed by atoms with van der Waals surface area (Å²) >= 11 is 5.78. The second kappa shape index (κ2) is 5.68. The number of aromatic nitrogens is 2. The number of rotatable bonds is 4. The Balaban J connectivity index is 2.45. The number of nitrogen functional groups attached to an aromatic ring is 1. The molecule has 8 nitrogen and oxygen atoms in total. The number of hydrogen-bond acceptors (Lipinski definition) is 7. The van der Waals surface area contributed by atoms with Crippen molar-refractivity contribution in [1.29, 1.82) is 0 Å². The lowest BCUT2D eigenvalue weighted by atomic mass is 10.3. The van der Waals surface area contributed by atoms with Crippen molar-refractivity contribution in [3.8, 4) is 0 Å². The van der Waals surface area contributed by atoms with Crippen LogP contribution in [0.15, 0.2) is 24.3 Å². The Morgan fingerprint density at radius 3 is 2.50 bits per heavy atom. The third kappa shape index (κ3) is 2.92. The molecular formula is C11H11ClN6O2. The molecule has 0 atom stereocenters. The number of halogens is 1. The van der Waals surface area contributed by atoms with E-state index in [-0.39, 0.29) is 23.1 Å². The van der Waals surface area contributed by atoms with Crippen molar-refractivity contribution in [1.82, 2.24) is 9.97 Å². The maximum absolute atomic E-state index is 11.1. The van der Waals surface area contributed by atoms with Gasteiger partial charge in [-0.1, -0.05) is 11.6 Å². The van der Waals surface area contributed by atoms with E-state index in [1.807, 2.05) is 0 Å². The predicted molar refractivity (Wildman–Crippen MR) is 76.0 cm³/mol. The molecule has 0 unspecified atom stereocenters. The zero-order valence-corrected chi connectivity index (χ0v) is 11.2. The molecule has 104 valence electrons. The highest BCUT2D eigenvalue weighted by Gasteiger charge is 2.22. The number of nitrogens with one attached hydrogen (secondary N) is 2. The smallest absolute Gasteiger partial charge is 0.332 e. The van der Waals surface area contributed by atoms with E-state index in [1.165, 1.54) is 6.92 Å². The summed E-state index contributed by atoms with van der Waals surface area (Å²) in [6.45, 7) is 1.51. The Morgan fingerprint density at radius 1 is 1.30 bits per heavy atom. The first kappa shape index (κ1) is 14.0. The highest BCUT2D eigenvalue weighted by molar-refractivity contribution is 6.30. The van der Waals surface area contributed by atoms with Crippen LogP contribution >= 0.6 is 11.6 Å². The van der Waals surface area contributed by atoms with E-state index in [4.69, 9.17) is 17.4 Å². The van der Waals surface area contributed by atoms with Crippen LogP contribution < -0.4 is 16.6 Å². The van der Waals surface area contributed by atoms with Gasteiger partial charge in [-0.3, -0.25) is 15.5 Å². The fraction of sp³-hybridized carbons (Fsp3) is 0.0909. The Hall–Kier alpha value is -2.45. The van der Waals surface area contributed by atoms with Crippen LogP contribution in [0.1, 0.15) is 5.69 Å². The van der Waals surface area contributed by atoms with E-state index in [0.717, 1.165) is 0 Å². The molecule has 0 saturated heterocycles. The summed E-state index contributed by atoms with van der Waals surface area (Å²) in [4.78, 5) is 18.4. The lowest BCUT2D eigenvalue weighted by Gasteiger charge is -2.09. The van der Waals surface area contributed by atoms with Gasteiger partial charge in [0.25, 0.3) is 0 Å². The van der Waals surface area contributed by atoms with E-state index < -0.39 is 4.92 Å². The molecule has 0 saturated carbocycles. The molecule has 0 aliphatic heterocycles. The standard InChI is InChI=1S/C11H11ClN6O2/c1-6-9(18(19)20)10(16-11(14-6)17-13)15-8-4-2-7(12)3-5-8/h2-5H,13H2,1H3,(H2,14,15,16,17). The van der Waals surface area contributed by atoms with Gasteiger partial charge in [0.05, 0.1) is 4.92 Å². The molecule has 9 heteroatoms. The Bertz CT molecular complexity index is 646. The van der Waals surface area contributed by atoms with Gasteiger partial charge in [-0.2, -0.15) is 4.98 Å². The first-order valence-electron chi connectivity index (χ1n) is 5.53. The van der Waals surface area contributed by atoms with Crippen molar-refractivity contribution < 1.29 is 4.92 Å². The highest BCUT2D eigenvalue weighted by atomic mass is 35.5. The maximum atomic E-state index is 11.1. The summed E-state index contributed by atoms with van der Waals surface area (Å²) in [6.07, 6.45) is 0. The first-order chi connectivity index (χ1) is 9.51. The lowest BCUT2D eigenvalue weighted by Crippen LogP contribution is -2.13. The number of anilines is 3. The van der Waals surface area contributed by atoms with Gasteiger partial charge in [-0.15, -0.1) is 0 Å². The SMILES string of the molecule is Cc1nc(NN)nc(Nc2ccc(Cl)cc2)c1[N+](=O)[O-]. The van der Waals surface area contributed by atoms with Crippen molar-refractivity contribution in [2.75, 3.05) is 10.7 Å². The molecule has 0 aliphatic rings. The number of hydrogen-bond donors (Lipinski definition) is 3. The molecule has 20 heavy (non-hydrogen) atoms. The van der Waals surface area contributed by atoms with Gasteiger partial charge >= 0.3 is 5.69 Å². The molecular weight excluding hydrogens is 284 g/mol. The topological polar surface area (TPSA) is 119 Å². The number of aryl methyl sites for hydroxylation is 1. The molecule has 0 radical (unpaired) electrons. The van der Waals surface area contributed by atoms with Crippen molar-refractivity contribution >= 4 is 34.7 Å². The van der Waals surface area contributed by atoms with Crippen LogP contribution in [0, 0.1) is 17.0 Å². The number of benzene rings is 1. The fourth-order valence-corrected chi connectivity index (χ4v) is 1.73. The van der Waals surface area contributed by atoms with Crippen LogP contribution in [0.25, 0.3) is 0 Å². The monoisotopic (exact) mass is 294 g/mol. The zero-order valence-electron chi connectivity index (χ0n) is 10.4. The summed E-state index contributed by atoms with van der Waals surface area (Å²) in [7, 11) is 0. The summed E-state index contributed by atoms with van der Waals surface area (Å²) in [5.41, 5.74) is 2.87. The third-order valence-corrected chi connectivity index (χ3v) is 2.73. The van der Waals surface area contributed by atoms with Crippen molar-refractivity contribution in [3.05, 3.63) is 45.1 Å². The zero-order chi connectivity index (χ0) is 14.7. The number of nitro groups is 1. The first-order valence-corrected chi connectivity index (χ1v) is 5.91. The van der Waals surface area contributed by atoms with E-state index in [2.05, 4.69) is 20.7 Å². The maximum Gasteiger partial charge on any atom is 0.332 e. The summed E-state index contributed by atoms with van der Waals surface area (Å²) in [6, 6.07) is 6.68. The Kier molecular flexibility index (Phi) is 3.97. The Labute approximate surface area is 119 Å². The fourth-order valence-electron chi connectivity index (χ4n) is 1.61. The van der Waals surface area contributed by atoms with E-state index in [0.29, 0.717) is 10.7 Å². The molecule has 4 N–H and O–H groups in total. The van der Waals surface area contributed by atoms with Crippen LogP contribution in [0.3, 0.4) is 0 Å². The average molecular weight is 295 g/mol. The normalized spacial score (nSPS) is 10.2. The number of nitrogens with zero attached hydrogens (tertiary/aromatic N) is 3. The van der Waals surface area contributed by atoms with Crippen molar-refractivity contribution in [3.63, 3.8) is 0 Å². The molecule has 0 bridgehead atoms. The average Bonchev–Trinajstić information content (AvgIpc) is 2.40. The van der Waals surface area contributed by atoms with Crippen LogP contribution in [0.4, 0.5) is 23.1 Å². The lowest BCUT2D eigenvalue weighted by molar-refractivity contribution is -0.385. The van der Waals surface area contributed by atoms with Gasteiger partial charge in [-0.05, 0) is 31.2 Å². The van der Waals surface area contributed by atoms with Crippen LogP contribution in [-0.4, -0.2) is 14.9 Å². The summed E-state index contributed by atoms with van der Waals surface area (Å²) < 4.78 is 0. The summed E-state index contributed by atoms with van der Waals surface area (Å²) in [5.74, 6) is 5.38. The third-order valence-electron chi connectivity index (χ3n) is 2.48. The molecule has 1 heterocycles. The molecule has 0 fully saturated rings. The second-order valence-corrected chi connectivity index (χ2v) is 4.30. The molecule has 1 aromatic carbocycles. The quantitative estimate of drug-likeness (QED) is 0.450. The van der Waals surface area contributed by atoms with Crippen LogP contribution in [0.2, 0.25) is 5.02 Å². The summed E-state index contributed by atoms with van der Waals surface area (Å²) in [5, 5.41) is 14.5. The number of hydrazine groups is 1. The minimum absolute atomic E-state index is 0.0535. The molecule has 1 aromatic heterocycles. The Morgan fingerprint density at radius 2 is 1.95 bits per heavy atom. The van der Waals surface area contributed by atoms with Gasteiger partial charge in [0.1, 0.15) is 5.69 Å². The van der Waals surface area contributed by atoms with Gasteiger partial charge in [-0.25, -0.2) is 10.8 Å². The molecule has 2 aromatic rings. The molecule has 2 rings (SSSR count). The largest absolute Gasteiger partial charge is 0.334 e. The van der Waals surface area contributed by atoms with Crippen LogP contribution in [-0.2, 0) is 0 Å². The van der Waals surface area contributed by atoms with Gasteiger partial charge < -0.3 is 5.32 Å². The molecule has 0 amide bonds. The van der Waals surface area contributed by atoms with Crippen LogP contribution in [0.5, 0.6) is 0 Å². The second-order valence-electron chi connectivity index (χ2n) is 3.86. The van der Waals surface area contributed by atoms with Gasteiger partial charge in [0, 0.05) is 10.7 Å². The number of nitrogens with two attached hydrogens (primary N) is 1. The van der Waals surface area contributed by atoms with E-state index >= 15 is 0 Å². The minimum atomic E-state index is -0.548. The van der Waals surface area contributed by atoms with Crippen molar-refractivity contribution in [2.24, 2.45) is 5.84 Å².